The summed E-state index contributed by atoms with van der Waals surface area (Å²) >= 11 is 0. The van der Waals surface area contributed by atoms with Gasteiger partial charge in [0, 0.05) is 7.11 Å². The molecule has 0 bridgehead atoms. The molecule has 0 aliphatic rings. The van der Waals surface area contributed by atoms with Crippen LogP contribution in [-0.4, -0.2) is 18.6 Å². The Labute approximate surface area is 94.6 Å². The lowest BCUT2D eigenvalue weighted by Gasteiger charge is -2.25. The monoisotopic (exact) mass is 225 g/mol. The maximum atomic E-state index is 13.3. The SMILES string of the molecule is CCC(C)(OC)C(=O)Nc1ccccc1F. The van der Waals surface area contributed by atoms with E-state index in [1.165, 1.54) is 19.2 Å². The van der Waals surface area contributed by atoms with E-state index in [0.29, 0.717) is 6.42 Å². The third-order valence-electron chi connectivity index (χ3n) is 2.73. The van der Waals surface area contributed by atoms with E-state index < -0.39 is 11.4 Å². The van der Waals surface area contributed by atoms with E-state index in [4.69, 9.17) is 4.74 Å². The number of ether oxygens (including phenoxy) is 1. The second-order valence-corrected chi connectivity index (χ2v) is 3.72. The summed E-state index contributed by atoms with van der Waals surface area (Å²) in [7, 11) is 1.46. The average molecular weight is 225 g/mol. The Morgan fingerprint density at radius 3 is 2.62 bits per heavy atom. The van der Waals surface area contributed by atoms with Gasteiger partial charge in [-0.3, -0.25) is 4.79 Å². The molecule has 0 aliphatic carbocycles. The van der Waals surface area contributed by atoms with Crippen molar-refractivity contribution in [2.45, 2.75) is 25.9 Å². The highest BCUT2D eigenvalue weighted by Gasteiger charge is 2.31. The fourth-order valence-electron chi connectivity index (χ4n) is 1.21. The third kappa shape index (κ3) is 2.58. The van der Waals surface area contributed by atoms with Crippen LogP contribution < -0.4 is 5.32 Å². The number of hydrogen-bond donors (Lipinski definition) is 1. The molecule has 4 heteroatoms. The summed E-state index contributed by atoms with van der Waals surface area (Å²) in [6.45, 7) is 3.51. The first-order chi connectivity index (χ1) is 7.53. The summed E-state index contributed by atoms with van der Waals surface area (Å²) in [6.07, 6.45) is 0.518. The molecule has 0 fully saturated rings. The van der Waals surface area contributed by atoms with Gasteiger partial charge in [0.1, 0.15) is 11.4 Å². The molecule has 1 unspecified atom stereocenters. The summed E-state index contributed by atoms with van der Waals surface area (Å²) in [6, 6.07) is 6.04. The zero-order chi connectivity index (χ0) is 12.2. The number of amides is 1. The second-order valence-electron chi connectivity index (χ2n) is 3.72. The van der Waals surface area contributed by atoms with Crippen molar-refractivity contribution < 1.29 is 13.9 Å². The van der Waals surface area contributed by atoms with Crippen LogP contribution in [-0.2, 0) is 9.53 Å². The molecule has 0 aromatic heterocycles. The van der Waals surface area contributed by atoms with Crippen molar-refractivity contribution in [3.63, 3.8) is 0 Å². The van der Waals surface area contributed by atoms with Crippen molar-refractivity contribution >= 4 is 11.6 Å². The van der Waals surface area contributed by atoms with Crippen LogP contribution in [0.3, 0.4) is 0 Å². The normalized spacial score (nSPS) is 14.2. The van der Waals surface area contributed by atoms with Crippen molar-refractivity contribution in [2.24, 2.45) is 0 Å². The quantitative estimate of drug-likeness (QED) is 0.855. The molecule has 1 N–H and O–H groups in total. The zero-order valence-electron chi connectivity index (χ0n) is 9.71. The van der Waals surface area contributed by atoms with Crippen LogP contribution in [0.2, 0.25) is 0 Å². The van der Waals surface area contributed by atoms with E-state index in [9.17, 15) is 9.18 Å². The topological polar surface area (TPSA) is 38.3 Å². The summed E-state index contributed by atoms with van der Waals surface area (Å²) in [4.78, 5) is 11.8. The van der Waals surface area contributed by atoms with Gasteiger partial charge in [-0.25, -0.2) is 4.39 Å². The zero-order valence-corrected chi connectivity index (χ0v) is 9.71. The maximum absolute atomic E-state index is 13.3. The number of benzene rings is 1. The molecule has 1 aromatic rings. The minimum absolute atomic E-state index is 0.171. The molecular formula is C12H16FNO2. The molecule has 1 atom stereocenters. The number of carbonyl (C=O) groups excluding carboxylic acids is 1. The molecule has 0 saturated heterocycles. The van der Waals surface area contributed by atoms with Gasteiger partial charge in [0.05, 0.1) is 5.69 Å². The standard InChI is InChI=1S/C12H16FNO2/c1-4-12(2,16-3)11(15)14-10-8-6-5-7-9(10)13/h5-8H,4H2,1-3H3,(H,14,15). The predicted octanol–water partition coefficient (Wildman–Crippen LogP) is 2.58. The molecular weight excluding hydrogens is 209 g/mol. The molecule has 88 valence electrons. The van der Waals surface area contributed by atoms with E-state index >= 15 is 0 Å². The lowest BCUT2D eigenvalue weighted by molar-refractivity contribution is -0.136. The van der Waals surface area contributed by atoms with Crippen LogP contribution >= 0.6 is 0 Å². The molecule has 1 rings (SSSR count). The number of hydrogen-bond acceptors (Lipinski definition) is 2. The number of anilines is 1. The van der Waals surface area contributed by atoms with Gasteiger partial charge in [-0.2, -0.15) is 0 Å². The smallest absolute Gasteiger partial charge is 0.256 e. The fraction of sp³-hybridized carbons (Fsp3) is 0.417. The van der Waals surface area contributed by atoms with Crippen LogP contribution in [0, 0.1) is 5.82 Å². The van der Waals surface area contributed by atoms with Gasteiger partial charge in [0.2, 0.25) is 0 Å². The Bertz CT molecular complexity index is 375. The van der Waals surface area contributed by atoms with E-state index in [0.717, 1.165) is 0 Å². The lowest BCUT2D eigenvalue weighted by atomic mass is 10.0. The second kappa shape index (κ2) is 5.07. The van der Waals surface area contributed by atoms with Crippen LogP contribution in [0.15, 0.2) is 24.3 Å². The van der Waals surface area contributed by atoms with Gasteiger partial charge in [-0.1, -0.05) is 19.1 Å². The Balaban J connectivity index is 2.83. The largest absolute Gasteiger partial charge is 0.369 e. The van der Waals surface area contributed by atoms with E-state index in [-0.39, 0.29) is 11.6 Å². The predicted molar refractivity (Wildman–Crippen MR) is 60.7 cm³/mol. The summed E-state index contributed by atoms with van der Waals surface area (Å²) in [5.74, 6) is -0.798. The highest BCUT2D eigenvalue weighted by Crippen LogP contribution is 2.19. The van der Waals surface area contributed by atoms with Gasteiger partial charge >= 0.3 is 0 Å². The molecule has 0 heterocycles. The van der Waals surface area contributed by atoms with Crippen molar-refractivity contribution in [3.8, 4) is 0 Å². The molecule has 1 amide bonds. The average Bonchev–Trinajstić information content (AvgIpc) is 2.31. The first kappa shape index (κ1) is 12.6. The Kier molecular flexibility index (Phi) is 4.01. The van der Waals surface area contributed by atoms with E-state index in [1.54, 1.807) is 19.1 Å². The number of rotatable bonds is 4. The molecule has 0 radical (unpaired) electrons. The summed E-state index contributed by atoms with van der Waals surface area (Å²) in [5.41, 5.74) is -0.758. The van der Waals surface area contributed by atoms with Gasteiger partial charge in [0.25, 0.3) is 5.91 Å². The molecule has 3 nitrogen and oxygen atoms in total. The van der Waals surface area contributed by atoms with Crippen molar-refractivity contribution in [2.75, 3.05) is 12.4 Å². The Morgan fingerprint density at radius 2 is 2.12 bits per heavy atom. The highest BCUT2D eigenvalue weighted by atomic mass is 19.1. The van der Waals surface area contributed by atoms with Crippen molar-refractivity contribution in [3.05, 3.63) is 30.1 Å². The minimum atomic E-state index is -0.928. The molecule has 16 heavy (non-hydrogen) atoms. The number of nitrogens with one attached hydrogen (secondary N) is 1. The summed E-state index contributed by atoms with van der Waals surface area (Å²) in [5, 5.41) is 2.51. The number of methoxy groups -OCH3 is 1. The highest BCUT2D eigenvalue weighted by molar-refractivity contribution is 5.97. The van der Waals surface area contributed by atoms with E-state index in [1.807, 2.05) is 6.92 Å². The van der Waals surface area contributed by atoms with Gasteiger partial charge in [-0.15, -0.1) is 0 Å². The van der Waals surface area contributed by atoms with Crippen LogP contribution in [0.4, 0.5) is 10.1 Å². The van der Waals surface area contributed by atoms with Crippen molar-refractivity contribution in [1.29, 1.82) is 0 Å². The van der Waals surface area contributed by atoms with E-state index in [2.05, 4.69) is 5.32 Å². The minimum Gasteiger partial charge on any atom is -0.369 e. The summed E-state index contributed by atoms with van der Waals surface area (Å²) < 4.78 is 18.4. The number of halogens is 1. The molecule has 0 saturated carbocycles. The molecule has 1 aromatic carbocycles. The Morgan fingerprint density at radius 1 is 1.50 bits per heavy atom. The Hall–Kier alpha value is -1.42. The van der Waals surface area contributed by atoms with Gasteiger partial charge in [-0.05, 0) is 25.5 Å². The fourth-order valence-corrected chi connectivity index (χ4v) is 1.21. The third-order valence-corrected chi connectivity index (χ3v) is 2.73. The van der Waals surface area contributed by atoms with Gasteiger partial charge in [0.15, 0.2) is 0 Å². The first-order valence-corrected chi connectivity index (χ1v) is 5.14. The number of carbonyl (C=O) groups is 1. The number of para-hydroxylation sites is 1. The van der Waals surface area contributed by atoms with Crippen LogP contribution in [0.25, 0.3) is 0 Å². The molecule has 0 aliphatic heterocycles. The molecule has 0 spiro atoms. The first-order valence-electron chi connectivity index (χ1n) is 5.14. The van der Waals surface area contributed by atoms with Crippen LogP contribution in [0.1, 0.15) is 20.3 Å². The lowest BCUT2D eigenvalue weighted by Crippen LogP contribution is -2.41. The van der Waals surface area contributed by atoms with Crippen molar-refractivity contribution in [1.82, 2.24) is 0 Å². The van der Waals surface area contributed by atoms with Crippen LogP contribution in [0.5, 0.6) is 0 Å². The maximum Gasteiger partial charge on any atom is 0.256 e. The van der Waals surface area contributed by atoms with Gasteiger partial charge < -0.3 is 10.1 Å².